The molecule has 0 unspecified atom stereocenters. The van der Waals surface area contributed by atoms with Crippen molar-refractivity contribution in [3.8, 4) is 5.75 Å². The van der Waals surface area contributed by atoms with Crippen LogP contribution in [0.15, 0.2) is 72.8 Å². The van der Waals surface area contributed by atoms with E-state index in [0.29, 0.717) is 17.6 Å². The first-order valence-corrected chi connectivity index (χ1v) is 8.55. The summed E-state index contributed by atoms with van der Waals surface area (Å²) in [6.45, 7) is 0. The molecule has 2 heteroatoms. The van der Waals surface area contributed by atoms with Crippen molar-refractivity contribution >= 4 is 16.5 Å². The third kappa shape index (κ3) is 1.96. The molecule has 1 heterocycles. The van der Waals surface area contributed by atoms with Gasteiger partial charge in [-0.1, -0.05) is 54.6 Å². The van der Waals surface area contributed by atoms with Crippen molar-refractivity contribution in [2.75, 3.05) is 5.32 Å². The van der Waals surface area contributed by atoms with Gasteiger partial charge >= 0.3 is 0 Å². The number of anilines is 1. The minimum atomic E-state index is 0.277. The Morgan fingerprint density at radius 1 is 0.917 bits per heavy atom. The highest BCUT2D eigenvalue weighted by atomic mass is 16.3. The molecule has 2 nitrogen and oxygen atoms in total. The van der Waals surface area contributed by atoms with Crippen LogP contribution in [0.25, 0.3) is 10.8 Å². The fourth-order valence-electron chi connectivity index (χ4n) is 4.39. The van der Waals surface area contributed by atoms with Crippen molar-refractivity contribution < 1.29 is 5.11 Å². The standard InChI is InChI=1S/C22H19NO/c24-16-11-8-15(9-12-16)22-19-7-3-6-18(19)21-17-5-2-1-4-14(17)10-13-20(21)23-22/h1-6,8-13,18-19,22-24H,7H2/t18-,19-,22-/m0/s1. The summed E-state index contributed by atoms with van der Waals surface area (Å²) in [6.07, 6.45) is 5.79. The number of aromatic hydroxyl groups is 1. The zero-order valence-corrected chi connectivity index (χ0v) is 13.3. The van der Waals surface area contributed by atoms with Crippen LogP contribution in [-0.2, 0) is 0 Å². The molecule has 1 aliphatic carbocycles. The molecule has 0 saturated carbocycles. The lowest BCUT2D eigenvalue weighted by molar-refractivity contribution is 0.426. The van der Waals surface area contributed by atoms with Crippen LogP contribution in [0.2, 0.25) is 0 Å². The summed E-state index contributed by atoms with van der Waals surface area (Å²) >= 11 is 0. The van der Waals surface area contributed by atoms with Gasteiger partial charge in [-0.05, 0) is 52.4 Å². The quantitative estimate of drug-likeness (QED) is 0.592. The maximum Gasteiger partial charge on any atom is 0.115 e. The molecule has 0 amide bonds. The average molecular weight is 313 g/mol. The number of benzene rings is 3. The Labute approximate surface area is 141 Å². The number of phenolic OH excluding ortho intramolecular Hbond substituents is 1. The molecule has 118 valence electrons. The van der Waals surface area contributed by atoms with E-state index in [2.05, 4.69) is 53.9 Å². The van der Waals surface area contributed by atoms with Gasteiger partial charge in [-0.15, -0.1) is 0 Å². The smallest absolute Gasteiger partial charge is 0.115 e. The molecule has 0 spiro atoms. The van der Waals surface area contributed by atoms with Gasteiger partial charge in [-0.2, -0.15) is 0 Å². The zero-order chi connectivity index (χ0) is 16.1. The first-order valence-electron chi connectivity index (χ1n) is 8.55. The van der Waals surface area contributed by atoms with E-state index in [1.807, 2.05) is 12.1 Å². The molecular weight excluding hydrogens is 294 g/mol. The van der Waals surface area contributed by atoms with Crippen LogP contribution in [0, 0.1) is 5.92 Å². The lowest BCUT2D eigenvalue weighted by Crippen LogP contribution is -2.29. The summed E-state index contributed by atoms with van der Waals surface area (Å²) in [5.74, 6) is 1.29. The van der Waals surface area contributed by atoms with E-state index in [1.165, 1.54) is 27.6 Å². The predicted molar refractivity (Wildman–Crippen MR) is 98.4 cm³/mol. The third-order valence-electron chi connectivity index (χ3n) is 5.51. The van der Waals surface area contributed by atoms with E-state index >= 15 is 0 Å². The zero-order valence-electron chi connectivity index (χ0n) is 13.3. The van der Waals surface area contributed by atoms with E-state index in [4.69, 9.17) is 0 Å². The first-order chi connectivity index (χ1) is 11.8. The SMILES string of the molecule is Oc1ccc([C@@H]2Nc3ccc4ccccc4c3[C@H]3C=CC[C@@H]32)cc1. The second-order valence-corrected chi connectivity index (χ2v) is 6.81. The number of fused-ring (bicyclic) bond motifs is 5. The van der Waals surface area contributed by atoms with Crippen LogP contribution in [0.4, 0.5) is 5.69 Å². The van der Waals surface area contributed by atoms with Gasteiger partial charge in [0.15, 0.2) is 0 Å². The van der Waals surface area contributed by atoms with Crippen LogP contribution < -0.4 is 5.32 Å². The van der Waals surface area contributed by atoms with Crippen molar-refractivity contribution in [2.45, 2.75) is 18.4 Å². The molecule has 0 aromatic heterocycles. The number of phenols is 1. The van der Waals surface area contributed by atoms with Crippen molar-refractivity contribution in [1.82, 2.24) is 0 Å². The molecule has 5 rings (SSSR count). The Kier molecular flexibility index (Phi) is 2.93. The number of nitrogens with one attached hydrogen (secondary N) is 1. The van der Waals surface area contributed by atoms with Crippen molar-refractivity contribution in [3.63, 3.8) is 0 Å². The second-order valence-electron chi connectivity index (χ2n) is 6.81. The van der Waals surface area contributed by atoms with Gasteiger partial charge in [0, 0.05) is 11.6 Å². The molecule has 3 aromatic rings. The molecule has 2 N–H and O–H groups in total. The van der Waals surface area contributed by atoms with Gasteiger partial charge in [0.1, 0.15) is 5.75 Å². The summed E-state index contributed by atoms with van der Waals surface area (Å²) in [6, 6.07) is 21.0. The van der Waals surface area contributed by atoms with Crippen LogP contribution in [-0.4, -0.2) is 5.11 Å². The minimum absolute atomic E-state index is 0.277. The molecule has 2 aliphatic rings. The van der Waals surface area contributed by atoms with Gasteiger partial charge in [0.25, 0.3) is 0 Å². The lowest BCUT2D eigenvalue weighted by atomic mass is 9.75. The summed E-state index contributed by atoms with van der Waals surface area (Å²) in [4.78, 5) is 0. The first kappa shape index (κ1) is 13.7. The Morgan fingerprint density at radius 3 is 2.62 bits per heavy atom. The molecule has 1 aliphatic heterocycles. The molecule has 0 radical (unpaired) electrons. The number of rotatable bonds is 1. The summed E-state index contributed by atoms with van der Waals surface area (Å²) in [5.41, 5.74) is 3.91. The van der Waals surface area contributed by atoms with Crippen LogP contribution in [0.1, 0.15) is 29.5 Å². The third-order valence-corrected chi connectivity index (χ3v) is 5.51. The highest BCUT2D eigenvalue weighted by Gasteiger charge is 2.38. The Morgan fingerprint density at radius 2 is 1.75 bits per heavy atom. The van der Waals surface area contributed by atoms with Gasteiger partial charge in [0.2, 0.25) is 0 Å². The van der Waals surface area contributed by atoms with Crippen LogP contribution in [0.3, 0.4) is 0 Å². The van der Waals surface area contributed by atoms with Crippen molar-refractivity contribution in [1.29, 1.82) is 0 Å². The molecule has 0 bridgehead atoms. The second kappa shape index (κ2) is 5.13. The molecule has 24 heavy (non-hydrogen) atoms. The van der Waals surface area contributed by atoms with Gasteiger partial charge < -0.3 is 10.4 Å². The largest absolute Gasteiger partial charge is 0.508 e. The van der Waals surface area contributed by atoms with Gasteiger partial charge in [-0.25, -0.2) is 0 Å². The Balaban J connectivity index is 1.67. The van der Waals surface area contributed by atoms with E-state index in [-0.39, 0.29) is 6.04 Å². The van der Waals surface area contributed by atoms with Gasteiger partial charge in [-0.3, -0.25) is 0 Å². The van der Waals surface area contributed by atoms with Crippen LogP contribution >= 0.6 is 0 Å². The number of allylic oxidation sites excluding steroid dienone is 2. The monoisotopic (exact) mass is 313 g/mol. The topological polar surface area (TPSA) is 32.3 Å². The fraction of sp³-hybridized carbons (Fsp3) is 0.182. The minimum Gasteiger partial charge on any atom is -0.508 e. The van der Waals surface area contributed by atoms with Gasteiger partial charge in [0.05, 0.1) is 6.04 Å². The molecule has 3 atom stereocenters. The van der Waals surface area contributed by atoms with E-state index in [9.17, 15) is 5.11 Å². The summed E-state index contributed by atoms with van der Waals surface area (Å²) in [7, 11) is 0. The lowest BCUT2D eigenvalue weighted by Gasteiger charge is -2.38. The van der Waals surface area contributed by atoms with Crippen molar-refractivity contribution in [2.24, 2.45) is 5.92 Å². The number of hydrogen-bond acceptors (Lipinski definition) is 2. The van der Waals surface area contributed by atoms with Crippen LogP contribution in [0.5, 0.6) is 5.75 Å². The number of hydrogen-bond donors (Lipinski definition) is 2. The predicted octanol–water partition coefficient (Wildman–Crippen LogP) is 5.37. The molecule has 0 saturated heterocycles. The fourth-order valence-corrected chi connectivity index (χ4v) is 4.39. The Bertz CT molecular complexity index is 942. The van der Waals surface area contributed by atoms with E-state index < -0.39 is 0 Å². The molecular formula is C22H19NO. The molecule has 3 aromatic carbocycles. The summed E-state index contributed by atoms with van der Waals surface area (Å²) < 4.78 is 0. The van der Waals surface area contributed by atoms with E-state index in [1.54, 1.807) is 12.1 Å². The average Bonchev–Trinajstić information content (AvgIpc) is 3.11. The van der Waals surface area contributed by atoms with E-state index in [0.717, 1.165) is 6.42 Å². The van der Waals surface area contributed by atoms with Crippen molar-refractivity contribution in [3.05, 3.63) is 83.9 Å². The Hall–Kier alpha value is -2.74. The maximum absolute atomic E-state index is 9.59. The highest BCUT2D eigenvalue weighted by Crippen LogP contribution is 2.51. The summed E-state index contributed by atoms with van der Waals surface area (Å²) in [5, 5.41) is 16.0. The highest BCUT2D eigenvalue weighted by molar-refractivity contribution is 5.91. The maximum atomic E-state index is 9.59. The molecule has 0 fully saturated rings. The normalized spacial score (nSPS) is 24.4.